The first kappa shape index (κ1) is 44.5. The monoisotopic (exact) mass is 899 g/mol. The maximum Gasteiger partial charge on any atom is 0.264 e. The summed E-state index contributed by atoms with van der Waals surface area (Å²) < 4.78 is 2.87. The van der Waals surface area contributed by atoms with E-state index in [0.29, 0.717) is 0 Å². The van der Waals surface area contributed by atoms with Crippen LogP contribution in [-0.4, -0.2) is 6.71 Å². The van der Waals surface area contributed by atoms with Crippen LogP contribution < -0.4 is 25.5 Å². The molecule has 4 heteroatoms. The minimum absolute atomic E-state index is 0.0257. The van der Waals surface area contributed by atoms with E-state index in [9.17, 15) is 0 Å². The Morgan fingerprint density at radius 3 is 1.54 bits per heavy atom. The first-order valence-electron chi connectivity index (χ1n) is 25.2. The van der Waals surface area contributed by atoms with Crippen LogP contribution >= 0.6 is 11.3 Å². The summed E-state index contributed by atoms with van der Waals surface area (Å²) in [6.07, 6.45) is 4.76. The summed E-state index contributed by atoms with van der Waals surface area (Å²) in [6.45, 7) is 36.5. The smallest absolute Gasteiger partial charge is 0.264 e. The Balaban J connectivity index is 1.27. The number of rotatable bonds is 3. The highest BCUT2D eigenvalue weighted by Gasteiger charge is 2.49. The number of benzene rings is 6. The zero-order valence-electron chi connectivity index (χ0n) is 43.1. The molecule has 67 heavy (non-hydrogen) atoms. The van der Waals surface area contributed by atoms with Gasteiger partial charge in [-0.2, -0.15) is 0 Å². The fourth-order valence-electron chi connectivity index (χ4n) is 12.3. The highest BCUT2D eigenvalue weighted by molar-refractivity contribution is 7.33. The molecule has 2 aliphatic heterocycles. The molecule has 0 fully saturated rings. The predicted molar refractivity (Wildman–Crippen MR) is 294 cm³/mol. The van der Waals surface area contributed by atoms with Crippen molar-refractivity contribution in [2.75, 3.05) is 9.80 Å². The molecule has 7 aromatic rings. The lowest BCUT2D eigenvalue weighted by molar-refractivity contribution is 0.332. The van der Waals surface area contributed by atoms with E-state index in [1.54, 1.807) is 0 Å². The summed E-state index contributed by atoms with van der Waals surface area (Å²) in [5.74, 6) is 0. The molecule has 0 bridgehead atoms. The summed E-state index contributed by atoms with van der Waals surface area (Å²) in [4.78, 5) is 5.39. The summed E-state index contributed by atoms with van der Waals surface area (Å²) in [5.41, 5.74) is 23.5. The van der Waals surface area contributed by atoms with Crippen molar-refractivity contribution < 1.29 is 0 Å². The van der Waals surface area contributed by atoms with Crippen molar-refractivity contribution in [3.63, 3.8) is 0 Å². The molecule has 0 atom stereocenters. The van der Waals surface area contributed by atoms with Crippen molar-refractivity contribution in [2.45, 2.75) is 162 Å². The van der Waals surface area contributed by atoms with Crippen molar-refractivity contribution in [1.82, 2.24) is 0 Å². The normalized spacial score (nSPS) is 18.5. The van der Waals surface area contributed by atoms with Crippen LogP contribution in [0.4, 0.5) is 34.1 Å². The van der Waals surface area contributed by atoms with Gasteiger partial charge < -0.3 is 9.80 Å². The van der Waals surface area contributed by atoms with Gasteiger partial charge >= 0.3 is 0 Å². The third-order valence-corrected chi connectivity index (χ3v) is 18.1. The van der Waals surface area contributed by atoms with Crippen molar-refractivity contribution in [1.29, 1.82) is 0 Å². The van der Waals surface area contributed by atoms with Gasteiger partial charge in [0.2, 0.25) is 0 Å². The van der Waals surface area contributed by atoms with Crippen LogP contribution in [0.15, 0.2) is 109 Å². The number of aryl methyl sites for hydroxylation is 1. The van der Waals surface area contributed by atoms with Crippen molar-refractivity contribution >= 4 is 78.0 Å². The standard InChI is InChI=1S/C63H71BN2S/c1-38-29-52-55-53(30-38)66(43-23-21-40(22-24-43)39-19-17-16-18-20-39)56-45-34-46-49(63(14,15)28-25-60(46,8)9)37-54(45)67-57(56)64(55)50-35-47-48(62(12,13)27-26-61(47,10)11)36-51(50)65(52)44-32-41(58(2,3)4)31-42(33-44)59(5,6)7/h16-24,29-37H,25-28H2,1-15H3. The number of fused-ring (bicyclic) bond motifs is 8. The SMILES string of the molecule is Cc1cc2c3c(c1)N(c1ccc(-c4ccccc4)cc1)c1c(sc4cc5c(cc14)C(C)(C)CCC5(C)C)B3c1cc3c(cc1N2c1cc(C(C)(C)C)cc(C(C)(C)C)c1)C(C)(C)CCC3(C)C. The number of hydrogen-bond acceptors (Lipinski definition) is 3. The second kappa shape index (κ2) is 14.5. The minimum atomic E-state index is -0.0257. The maximum absolute atomic E-state index is 2.71. The molecular weight excluding hydrogens is 828 g/mol. The second-order valence-electron chi connectivity index (χ2n) is 25.7. The molecule has 0 saturated heterocycles. The van der Waals surface area contributed by atoms with Crippen LogP contribution in [0, 0.1) is 6.92 Å². The van der Waals surface area contributed by atoms with E-state index in [0.717, 1.165) is 0 Å². The van der Waals surface area contributed by atoms with Crippen LogP contribution in [-0.2, 0) is 32.5 Å². The third kappa shape index (κ3) is 6.92. The highest BCUT2D eigenvalue weighted by atomic mass is 32.1. The predicted octanol–water partition coefficient (Wildman–Crippen LogP) is 16.3. The first-order chi connectivity index (χ1) is 31.3. The Kier molecular flexibility index (Phi) is 9.61. The van der Waals surface area contributed by atoms with Crippen LogP contribution in [0.25, 0.3) is 21.2 Å². The lowest BCUT2D eigenvalue weighted by atomic mass is 9.35. The summed E-state index contributed by atoms with van der Waals surface area (Å²) in [7, 11) is 0. The molecule has 6 aromatic carbocycles. The van der Waals surface area contributed by atoms with Gasteiger partial charge in [0.25, 0.3) is 6.71 Å². The molecule has 0 amide bonds. The molecule has 0 N–H and O–H groups in total. The van der Waals surface area contributed by atoms with Gasteiger partial charge in [-0.15, -0.1) is 11.3 Å². The quantitative estimate of drug-likeness (QED) is 0.163. The van der Waals surface area contributed by atoms with Gasteiger partial charge in [-0.3, -0.25) is 0 Å². The van der Waals surface area contributed by atoms with Crippen LogP contribution in [0.2, 0.25) is 0 Å². The average molecular weight is 899 g/mol. The van der Waals surface area contributed by atoms with Crippen LogP contribution in [0.3, 0.4) is 0 Å². The summed E-state index contributed by atoms with van der Waals surface area (Å²) in [6, 6.07) is 43.5. The van der Waals surface area contributed by atoms with E-state index >= 15 is 0 Å². The third-order valence-electron chi connectivity index (χ3n) is 16.9. The largest absolute Gasteiger partial charge is 0.311 e. The molecule has 0 saturated carbocycles. The van der Waals surface area contributed by atoms with E-state index in [1.807, 2.05) is 0 Å². The maximum atomic E-state index is 2.71. The molecule has 4 aliphatic rings. The molecular formula is C63H71BN2S. The topological polar surface area (TPSA) is 6.48 Å². The Morgan fingerprint density at radius 2 is 0.985 bits per heavy atom. The zero-order chi connectivity index (χ0) is 47.5. The van der Waals surface area contributed by atoms with E-state index < -0.39 is 0 Å². The molecule has 0 radical (unpaired) electrons. The fraction of sp³-hybridized carbons (Fsp3) is 0.397. The molecule has 0 spiro atoms. The van der Waals surface area contributed by atoms with E-state index in [-0.39, 0.29) is 39.2 Å². The number of nitrogens with zero attached hydrogens (tertiary/aromatic N) is 2. The van der Waals surface area contributed by atoms with E-state index in [1.165, 1.54) is 136 Å². The first-order valence-corrected chi connectivity index (χ1v) is 26.0. The highest BCUT2D eigenvalue weighted by Crippen LogP contribution is 2.54. The molecule has 342 valence electrons. The van der Waals surface area contributed by atoms with Crippen LogP contribution in [0.5, 0.6) is 0 Å². The Labute approximate surface area is 406 Å². The van der Waals surface area contributed by atoms with Crippen LogP contribution in [0.1, 0.15) is 162 Å². The Morgan fingerprint density at radius 1 is 0.493 bits per heavy atom. The minimum Gasteiger partial charge on any atom is -0.311 e. The van der Waals surface area contributed by atoms with Crippen molar-refractivity contribution in [3.8, 4) is 11.1 Å². The van der Waals surface area contributed by atoms with Gasteiger partial charge in [-0.25, -0.2) is 0 Å². The van der Waals surface area contributed by atoms with Gasteiger partial charge in [0, 0.05) is 43.3 Å². The van der Waals surface area contributed by atoms with Gasteiger partial charge in [-0.05, 0) is 181 Å². The lowest BCUT2D eigenvalue weighted by Crippen LogP contribution is -2.61. The zero-order valence-corrected chi connectivity index (χ0v) is 43.9. The number of thiophene rings is 1. The lowest BCUT2D eigenvalue weighted by Gasteiger charge is -2.47. The van der Waals surface area contributed by atoms with Gasteiger partial charge in [-0.1, -0.05) is 152 Å². The Bertz CT molecular complexity index is 3130. The second-order valence-corrected chi connectivity index (χ2v) is 26.8. The van der Waals surface area contributed by atoms with Gasteiger partial charge in [0.1, 0.15) is 0 Å². The molecule has 11 rings (SSSR count). The summed E-state index contributed by atoms with van der Waals surface area (Å²) >= 11 is 2.06. The molecule has 2 nitrogen and oxygen atoms in total. The van der Waals surface area contributed by atoms with Gasteiger partial charge in [0.05, 0.1) is 5.69 Å². The Hall–Kier alpha value is -5.06. The molecule has 1 aromatic heterocycles. The summed E-state index contributed by atoms with van der Waals surface area (Å²) in [5, 5.41) is 1.39. The van der Waals surface area contributed by atoms with Crippen molar-refractivity contribution in [2.24, 2.45) is 0 Å². The van der Waals surface area contributed by atoms with Gasteiger partial charge in [0.15, 0.2) is 0 Å². The molecule has 2 aliphatic carbocycles. The van der Waals surface area contributed by atoms with E-state index in [2.05, 4.69) is 234 Å². The average Bonchev–Trinajstić information content (AvgIpc) is 3.64. The molecule has 3 heterocycles. The number of hydrogen-bond donors (Lipinski definition) is 0. The van der Waals surface area contributed by atoms with Crippen molar-refractivity contribution in [3.05, 3.63) is 148 Å². The van der Waals surface area contributed by atoms with E-state index in [4.69, 9.17) is 0 Å². The molecule has 0 unspecified atom stereocenters. The number of anilines is 6. The fourth-order valence-corrected chi connectivity index (χ4v) is 13.7.